The highest BCUT2D eigenvalue weighted by Gasteiger charge is 2.25. The average molecular weight is 533 g/mol. The van der Waals surface area contributed by atoms with Gasteiger partial charge < -0.3 is 4.74 Å². The minimum atomic E-state index is -0.0836. The van der Waals surface area contributed by atoms with Crippen molar-refractivity contribution in [3.63, 3.8) is 0 Å². The molecular formula is C25H23Cl2N3O2S2. The molecule has 2 aromatic carbocycles. The lowest BCUT2D eigenvalue weighted by Gasteiger charge is -2.35. The van der Waals surface area contributed by atoms with Gasteiger partial charge in [-0.25, -0.2) is 0 Å². The summed E-state index contributed by atoms with van der Waals surface area (Å²) in [7, 11) is 0. The third-order valence-corrected chi connectivity index (χ3v) is 8.48. The van der Waals surface area contributed by atoms with Crippen LogP contribution in [0.2, 0.25) is 10.0 Å². The number of hydrogen-bond acceptors (Lipinski definition) is 6. The van der Waals surface area contributed by atoms with E-state index in [4.69, 9.17) is 33.2 Å². The standard InChI is InChI=1S/C25H23Cl2N3O2S2/c1-17(31)30(34-25-8-7-24(33-25)20-4-2-3-18(11-20)13-28)16-21-15-29(9-10-32-21)14-19-5-6-22(26)23(27)12-19/h2-8,11-12,21H,9-10,14-16H2,1H3/t21-/m0/s1. The van der Waals surface area contributed by atoms with Gasteiger partial charge in [0.25, 0.3) is 0 Å². The van der Waals surface area contributed by atoms with Gasteiger partial charge in [0.2, 0.25) is 5.91 Å². The van der Waals surface area contributed by atoms with Crippen molar-refractivity contribution < 1.29 is 9.53 Å². The molecule has 0 N–H and O–H groups in total. The fourth-order valence-electron chi connectivity index (χ4n) is 3.72. The Balaban J connectivity index is 1.38. The largest absolute Gasteiger partial charge is 0.374 e. The van der Waals surface area contributed by atoms with Crippen molar-refractivity contribution in [3.05, 3.63) is 75.8 Å². The first-order chi connectivity index (χ1) is 16.4. The minimum Gasteiger partial charge on any atom is -0.374 e. The summed E-state index contributed by atoms with van der Waals surface area (Å²) in [4.78, 5) is 15.8. The van der Waals surface area contributed by atoms with Crippen LogP contribution in [0.1, 0.15) is 18.1 Å². The van der Waals surface area contributed by atoms with E-state index in [0.29, 0.717) is 28.8 Å². The lowest BCUT2D eigenvalue weighted by atomic mass is 10.1. The van der Waals surface area contributed by atoms with Gasteiger partial charge in [-0.2, -0.15) is 5.26 Å². The first kappa shape index (κ1) is 25.1. The van der Waals surface area contributed by atoms with Crippen LogP contribution in [0.5, 0.6) is 0 Å². The lowest BCUT2D eigenvalue weighted by molar-refractivity contribution is -0.126. The summed E-state index contributed by atoms with van der Waals surface area (Å²) in [5.74, 6) is -0.0170. The Kier molecular flexibility index (Phi) is 8.54. The fraction of sp³-hybridized carbons (Fsp3) is 0.280. The molecule has 1 atom stereocenters. The zero-order chi connectivity index (χ0) is 24.1. The van der Waals surface area contributed by atoms with E-state index in [1.807, 2.05) is 48.5 Å². The topological polar surface area (TPSA) is 56.6 Å². The van der Waals surface area contributed by atoms with Gasteiger partial charge in [0.1, 0.15) is 0 Å². The van der Waals surface area contributed by atoms with E-state index in [0.717, 1.165) is 39.8 Å². The number of ether oxygens (including phenoxy) is 1. The summed E-state index contributed by atoms with van der Waals surface area (Å²) in [6.07, 6.45) is -0.0836. The first-order valence-corrected chi connectivity index (χ1v) is 13.1. The Labute approximate surface area is 218 Å². The van der Waals surface area contributed by atoms with Crippen molar-refractivity contribution in [3.8, 4) is 16.5 Å². The van der Waals surface area contributed by atoms with Crippen molar-refractivity contribution in [1.29, 1.82) is 5.26 Å². The molecule has 9 heteroatoms. The van der Waals surface area contributed by atoms with Crippen LogP contribution in [0, 0.1) is 11.3 Å². The number of hydrogen-bond donors (Lipinski definition) is 0. The quantitative estimate of drug-likeness (QED) is 0.332. The molecule has 2 heterocycles. The maximum absolute atomic E-state index is 12.4. The lowest BCUT2D eigenvalue weighted by Crippen LogP contribution is -2.46. The molecule has 1 aliphatic rings. The molecule has 1 aromatic heterocycles. The summed E-state index contributed by atoms with van der Waals surface area (Å²) >= 11 is 15.2. The van der Waals surface area contributed by atoms with Crippen LogP contribution in [0.3, 0.4) is 0 Å². The van der Waals surface area contributed by atoms with Crippen molar-refractivity contribution in [2.75, 3.05) is 26.2 Å². The van der Waals surface area contributed by atoms with Crippen LogP contribution in [0.4, 0.5) is 0 Å². The van der Waals surface area contributed by atoms with Gasteiger partial charge in [-0.15, -0.1) is 11.3 Å². The summed E-state index contributed by atoms with van der Waals surface area (Å²) in [6.45, 7) is 4.98. The normalized spacial score (nSPS) is 16.2. The van der Waals surface area contributed by atoms with Crippen molar-refractivity contribution >= 4 is 52.4 Å². The maximum Gasteiger partial charge on any atom is 0.229 e. The molecule has 34 heavy (non-hydrogen) atoms. The van der Waals surface area contributed by atoms with Crippen LogP contribution in [-0.4, -0.2) is 47.5 Å². The van der Waals surface area contributed by atoms with Gasteiger partial charge in [-0.3, -0.25) is 14.0 Å². The second kappa shape index (κ2) is 11.6. The third-order valence-electron chi connectivity index (χ3n) is 5.39. The zero-order valence-electron chi connectivity index (χ0n) is 18.5. The molecule has 3 aromatic rings. The number of benzene rings is 2. The second-order valence-corrected chi connectivity index (χ2v) is 11.2. The Morgan fingerprint density at radius 3 is 2.85 bits per heavy atom. The van der Waals surface area contributed by atoms with Gasteiger partial charge in [0.05, 0.1) is 45.1 Å². The molecule has 0 bridgehead atoms. The number of amides is 1. The smallest absolute Gasteiger partial charge is 0.229 e. The summed E-state index contributed by atoms with van der Waals surface area (Å²) in [5, 5.41) is 10.3. The molecular weight excluding hydrogens is 509 g/mol. The monoisotopic (exact) mass is 531 g/mol. The predicted octanol–water partition coefficient (Wildman–Crippen LogP) is 6.35. The highest BCUT2D eigenvalue weighted by molar-refractivity contribution is 7.99. The molecule has 0 saturated carbocycles. The molecule has 4 rings (SSSR count). The maximum atomic E-state index is 12.4. The number of nitriles is 1. The average Bonchev–Trinajstić information content (AvgIpc) is 3.30. The highest BCUT2D eigenvalue weighted by atomic mass is 35.5. The summed E-state index contributed by atoms with van der Waals surface area (Å²) in [6, 6.07) is 19.4. The number of morpholine rings is 1. The Bertz CT molecular complexity index is 1210. The van der Waals surface area contributed by atoms with E-state index in [2.05, 4.69) is 11.0 Å². The zero-order valence-corrected chi connectivity index (χ0v) is 21.7. The number of nitrogens with zero attached hydrogens (tertiary/aromatic N) is 3. The first-order valence-electron chi connectivity index (χ1n) is 10.8. The van der Waals surface area contributed by atoms with Crippen molar-refractivity contribution in [2.45, 2.75) is 23.8 Å². The molecule has 1 fully saturated rings. The van der Waals surface area contributed by atoms with E-state index in [-0.39, 0.29) is 12.0 Å². The van der Waals surface area contributed by atoms with Gasteiger partial charge in [-0.05, 0) is 47.5 Å². The van der Waals surface area contributed by atoms with E-state index in [1.54, 1.807) is 28.6 Å². The number of halogens is 2. The summed E-state index contributed by atoms with van der Waals surface area (Å²) < 4.78 is 8.75. The molecule has 0 spiro atoms. The van der Waals surface area contributed by atoms with Crippen molar-refractivity contribution in [2.24, 2.45) is 0 Å². The van der Waals surface area contributed by atoms with Crippen LogP contribution in [-0.2, 0) is 16.1 Å². The predicted molar refractivity (Wildman–Crippen MR) is 139 cm³/mol. The SMILES string of the molecule is CC(=O)N(C[C@@H]1CN(Cc2ccc(Cl)c(Cl)c2)CCO1)Sc1ccc(-c2cccc(C#N)c2)s1. The molecule has 176 valence electrons. The van der Waals surface area contributed by atoms with Crippen molar-refractivity contribution in [1.82, 2.24) is 9.21 Å². The van der Waals surface area contributed by atoms with E-state index >= 15 is 0 Å². The number of thiophene rings is 1. The van der Waals surface area contributed by atoms with Crippen LogP contribution in [0.25, 0.3) is 10.4 Å². The highest BCUT2D eigenvalue weighted by Crippen LogP contribution is 2.36. The van der Waals surface area contributed by atoms with Gasteiger partial charge >= 0.3 is 0 Å². The minimum absolute atomic E-state index is 0.0170. The Morgan fingerprint density at radius 1 is 1.24 bits per heavy atom. The molecule has 5 nitrogen and oxygen atoms in total. The van der Waals surface area contributed by atoms with Gasteiger partial charge in [0.15, 0.2) is 0 Å². The van der Waals surface area contributed by atoms with E-state index in [9.17, 15) is 4.79 Å². The number of carbonyl (C=O) groups is 1. The molecule has 1 amide bonds. The number of rotatable bonds is 7. The van der Waals surface area contributed by atoms with Crippen LogP contribution >= 0.6 is 46.5 Å². The van der Waals surface area contributed by atoms with Crippen LogP contribution < -0.4 is 0 Å². The van der Waals surface area contributed by atoms with Gasteiger partial charge in [0, 0.05) is 43.4 Å². The second-order valence-electron chi connectivity index (χ2n) is 7.96. The molecule has 0 radical (unpaired) electrons. The fourth-order valence-corrected chi connectivity index (χ4v) is 6.18. The Hall–Kier alpha value is -2.05. The summed E-state index contributed by atoms with van der Waals surface area (Å²) in [5.41, 5.74) is 2.73. The Morgan fingerprint density at radius 2 is 2.09 bits per heavy atom. The molecule has 0 unspecified atom stereocenters. The van der Waals surface area contributed by atoms with E-state index in [1.165, 1.54) is 11.9 Å². The number of carbonyl (C=O) groups excluding carboxylic acids is 1. The molecule has 1 saturated heterocycles. The molecule has 1 aliphatic heterocycles. The third kappa shape index (κ3) is 6.54. The van der Waals surface area contributed by atoms with Crippen LogP contribution in [0.15, 0.2) is 58.8 Å². The molecule has 0 aliphatic carbocycles. The van der Waals surface area contributed by atoms with E-state index < -0.39 is 0 Å². The van der Waals surface area contributed by atoms with Gasteiger partial charge in [-0.1, -0.05) is 41.4 Å².